The van der Waals surface area contributed by atoms with Gasteiger partial charge in [0.15, 0.2) is 17.3 Å². The van der Waals surface area contributed by atoms with Crippen molar-refractivity contribution in [2.24, 2.45) is 0 Å². The summed E-state index contributed by atoms with van der Waals surface area (Å²) in [5.41, 5.74) is 0.423. The Morgan fingerprint density at radius 2 is 2.12 bits per heavy atom. The van der Waals surface area contributed by atoms with Crippen molar-refractivity contribution in [3.8, 4) is 5.75 Å². The number of rotatable bonds is 2. The van der Waals surface area contributed by atoms with E-state index in [9.17, 15) is 9.18 Å². The zero-order chi connectivity index (χ0) is 12.6. The van der Waals surface area contributed by atoms with E-state index < -0.39 is 5.82 Å². The van der Waals surface area contributed by atoms with E-state index >= 15 is 0 Å². The van der Waals surface area contributed by atoms with Gasteiger partial charge in [-0.05, 0) is 17.7 Å². The Morgan fingerprint density at radius 3 is 2.71 bits per heavy atom. The highest BCUT2D eigenvalue weighted by atomic mass is 35.5. The van der Waals surface area contributed by atoms with Crippen LogP contribution in [-0.2, 0) is 0 Å². The molecule has 0 N–H and O–H groups in total. The van der Waals surface area contributed by atoms with Crippen LogP contribution in [0.3, 0.4) is 0 Å². The first kappa shape index (κ1) is 11.7. The van der Waals surface area contributed by atoms with E-state index in [0.29, 0.717) is 5.39 Å². The second kappa shape index (κ2) is 4.25. The predicted octanol–water partition coefficient (Wildman–Crippen LogP) is 2.63. The number of hydrogen-bond acceptors (Lipinski definition) is 4. The predicted molar refractivity (Wildman–Crippen MR) is 61.1 cm³/mol. The zero-order valence-electron chi connectivity index (χ0n) is 9.12. The molecule has 0 aliphatic rings. The molecule has 0 saturated carbocycles. The molecule has 1 aromatic carbocycles. The summed E-state index contributed by atoms with van der Waals surface area (Å²) in [7, 11) is 1.34. The molecule has 0 unspecified atom stereocenters. The van der Waals surface area contributed by atoms with Crippen LogP contribution in [0.15, 0.2) is 12.1 Å². The Bertz CT molecular complexity index is 616. The lowest BCUT2D eigenvalue weighted by Gasteiger charge is -2.06. The molecular weight excluding hydrogens is 247 g/mol. The molecule has 0 aliphatic heterocycles. The number of carbonyl (C=O) groups is 1. The van der Waals surface area contributed by atoms with Crippen LogP contribution >= 0.6 is 11.6 Å². The van der Waals surface area contributed by atoms with Crippen LogP contribution in [-0.4, -0.2) is 22.9 Å². The van der Waals surface area contributed by atoms with Crippen LogP contribution in [0, 0.1) is 5.82 Å². The van der Waals surface area contributed by atoms with Crippen LogP contribution in [0.1, 0.15) is 17.4 Å². The highest BCUT2D eigenvalue weighted by Gasteiger charge is 2.14. The van der Waals surface area contributed by atoms with Gasteiger partial charge in [0.2, 0.25) is 5.28 Å². The van der Waals surface area contributed by atoms with Crippen molar-refractivity contribution >= 4 is 28.3 Å². The van der Waals surface area contributed by atoms with E-state index in [-0.39, 0.29) is 28.0 Å². The summed E-state index contributed by atoms with van der Waals surface area (Å²) in [5.74, 6) is -0.803. The Balaban J connectivity index is 2.86. The van der Waals surface area contributed by atoms with E-state index in [2.05, 4.69) is 9.97 Å². The van der Waals surface area contributed by atoms with Crippen molar-refractivity contribution < 1.29 is 13.9 Å². The summed E-state index contributed by atoms with van der Waals surface area (Å²) >= 11 is 5.67. The summed E-state index contributed by atoms with van der Waals surface area (Å²) in [5, 5.41) is 0.326. The monoisotopic (exact) mass is 254 g/mol. The quantitative estimate of drug-likeness (QED) is 0.611. The maximum absolute atomic E-state index is 13.5. The van der Waals surface area contributed by atoms with Crippen LogP contribution in [0.2, 0.25) is 5.28 Å². The third-order valence-electron chi connectivity index (χ3n) is 2.28. The minimum atomic E-state index is -0.565. The summed E-state index contributed by atoms with van der Waals surface area (Å²) < 4.78 is 18.3. The van der Waals surface area contributed by atoms with Gasteiger partial charge in [0.05, 0.1) is 12.6 Å². The minimum Gasteiger partial charge on any atom is -0.494 e. The molecule has 0 amide bonds. The van der Waals surface area contributed by atoms with Crippen molar-refractivity contribution in [2.45, 2.75) is 6.92 Å². The Morgan fingerprint density at radius 1 is 1.41 bits per heavy atom. The maximum Gasteiger partial charge on any atom is 0.223 e. The first-order valence-corrected chi connectivity index (χ1v) is 5.12. The molecule has 0 radical (unpaired) electrons. The summed E-state index contributed by atoms with van der Waals surface area (Å²) in [6.07, 6.45) is 0. The van der Waals surface area contributed by atoms with E-state index in [0.717, 1.165) is 6.07 Å². The number of carbonyl (C=O) groups excluding carboxylic acids is 1. The van der Waals surface area contributed by atoms with Crippen molar-refractivity contribution in [3.05, 3.63) is 28.9 Å². The molecule has 0 saturated heterocycles. The average Bonchev–Trinajstić information content (AvgIpc) is 2.26. The van der Waals surface area contributed by atoms with Crippen LogP contribution in [0.25, 0.3) is 10.9 Å². The molecule has 0 atom stereocenters. The molecule has 0 spiro atoms. The Labute approximate surface area is 101 Å². The number of aromatic nitrogens is 2. The number of hydrogen-bond donors (Lipinski definition) is 0. The molecule has 2 rings (SSSR count). The SMILES string of the molecule is COc1cc2c(C(C)=O)nc(Cl)nc2cc1F. The smallest absolute Gasteiger partial charge is 0.223 e. The van der Waals surface area contributed by atoms with Crippen molar-refractivity contribution in [1.29, 1.82) is 0 Å². The number of ketones is 1. The van der Waals surface area contributed by atoms with Gasteiger partial charge in [0.1, 0.15) is 5.69 Å². The third kappa shape index (κ3) is 2.06. The fraction of sp³-hybridized carbons (Fsp3) is 0.182. The van der Waals surface area contributed by atoms with E-state index in [1.165, 1.54) is 20.1 Å². The van der Waals surface area contributed by atoms with Gasteiger partial charge in [-0.1, -0.05) is 0 Å². The fourth-order valence-electron chi connectivity index (χ4n) is 1.53. The molecule has 1 aromatic heterocycles. The zero-order valence-corrected chi connectivity index (χ0v) is 9.88. The number of fused-ring (bicyclic) bond motifs is 1. The summed E-state index contributed by atoms with van der Waals surface area (Å²) in [4.78, 5) is 19.1. The molecule has 1 heterocycles. The topological polar surface area (TPSA) is 52.1 Å². The summed E-state index contributed by atoms with van der Waals surface area (Å²) in [6, 6.07) is 2.55. The Kier molecular flexibility index (Phi) is 2.93. The van der Waals surface area contributed by atoms with Crippen molar-refractivity contribution in [2.75, 3.05) is 7.11 Å². The minimum absolute atomic E-state index is 0.0333. The summed E-state index contributed by atoms with van der Waals surface area (Å²) in [6.45, 7) is 1.36. The number of methoxy groups -OCH3 is 1. The van der Waals surface area contributed by atoms with Gasteiger partial charge < -0.3 is 4.74 Å². The number of Topliss-reactive ketones (excluding diaryl/α,β-unsaturated/α-hetero) is 1. The molecule has 88 valence electrons. The molecule has 0 aliphatic carbocycles. The van der Waals surface area contributed by atoms with E-state index in [4.69, 9.17) is 16.3 Å². The highest BCUT2D eigenvalue weighted by molar-refractivity contribution is 6.29. The van der Waals surface area contributed by atoms with Crippen LogP contribution in [0.4, 0.5) is 4.39 Å². The first-order chi connectivity index (χ1) is 8.02. The lowest BCUT2D eigenvalue weighted by atomic mass is 10.1. The molecule has 2 aromatic rings. The van der Waals surface area contributed by atoms with Gasteiger partial charge in [-0.25, -0.2) is 14.4 Å². The molecule has 0 fully saturated rings. The lowest BCUT2D eigenvalue weighted by Crippen LogP contribution is -2.01. The lowest BCUT2D eigenvalue weighted by molar-refractivity contribution is 0.101. The van der Waals surface area contributed by atoms with Gasteiger partial charge in [-0.3, -0.25) is 4.79 Å². The fourth-order valence-corrected chi connectivity index (χ4v) is 1.70. The average molecular weight is 255 g/mol. The standard InChI is InChI=1S/C11H8ClFN2O2/c1-5(16)10-6-3-9(17-2)7(13)4-8(6)14-11(12)15-10/h3-4H,1-2H3. The maximum atomic E-state index is 13.5. The molecule has 17 heavy (non-hydrogen) atoms. The van der Waals surface area contributed by atoms with Crippen molar-refractivity contribution in [1.82, 2.24) is 9.97 Å². The second-order valence-electron chi connectivity index (χ2n) is 3.40. The molecule has 4 nitrogen and oxygen atoms in total. The largest absolute Gasteiger partial charge is 0.494 e. The molecular formula is C11H8ClFN2O2. The number of benzene rings is 1. The van der Waals surface area contributed by atoms with Gasteiger partial charge in [0, 0.05) is 18.4 Å². The normalized spacial score (nSPS) is 10.6. The Hall–Kier alpha value is -1.75. The van der Waals surface area contributed by atoms with Crippen LogP contribution in [0.5, 0.6) is 5.75 Å². The first-order valence-electron chi connectivity index (χ1n) is 4.74. The molecule has 0 bridgehead atoms. The second-order valence-corrected chi connectivity index (χ2v) is 3.74. The van der Waals surface area contributed by atoms with E-state index in [1.54, 1.807) is 0 Å². The van der Waals surface area contributed by atoms with Gasteiger partial charge >= 0.3 is 0 Å². The van der Waals surface area contributed by atoms with Gasteiger partial charge in [-0.15, -0.1) is 0 Å². The third-order valence-corrected chi connectivity index (χ3v) is 2.44. The molecule has 6 heteroatoms. The number of halogens is 2. The van der Waals surface area contributed by atoms with E-state index in [1.807, 2.05) is 0 Å². The number of nitrogens with zero attached hydrogens (tertiary/aromatic N) is 2. The van der Waals surface area contributed by atoms with Crippen LogP contribution < -0.4 is 4.74 Å². The number of ether oxygens (including phenoxy) is 1. The van der Waals surface area contributed by atoms with Gasteiger partial charge in [-0.2, -0.15) is 0 Å². The van der Waals surface area contributed by atoms with Gasteiger partial charge in [0.25, 0.3) is 0 Å². The highest BCUT2D eigenvalue weighted by Crippen LogP contribution is 2.26. The van der Waals surface area contributed by atoms with Crippen molar-refractivity contribution in [3.63, 3.8) is 0 Å².